The molecule has 32 heavy (non-hydrogen) atoms. The number of sulfonamides is 1. The monoisotopic (exact) mass is 474 g/mol. The molecule has 1 N–H and O–H groups in total. The Morgan fingerprint density at radius 2 is 1.69 bits per heavy atom. The number of ketones is 1. The van der Waals surface area contributed by atoms with Crippen molar-refractivity contribution in [2.45, 2.75) is 18.4 Å². The highest BCUT2D eigenvalue weighted by molar-refractivity contribution is 7.89. The number of anilines is 1. The van der Waals surface area contributed by atoms with E-state index in [1.54, 1.807) is 24.3 Å². The van der Waals surface area contributed by atoms with Crippen molar-refractivity contribution in [2.75, 3.05) is 11.9 Å². The van der Waals surface area contributed by atoms with Crippen molar-refractivity contribution in [2.24, 2.45) is 0 Å². The number of hydrogen-bond acceptors (Lipinski definition) is 4. The molecule has 0 aliphatic carbocycles. The molecule has 0 fully saturated rings. The second kappa shape index (κ2) is 10.0. The Morgan fingerprint density at radius 3 is 2.34 bits per heavy atom. The predicted molar refractivity (Wildman–Crippen MR) is 121 cm³/mol. The van der Waals surface area contributed by atoms with E-state index in [0.717, 1.165) is 4.31 Å². The predicted octanol–water partition coefficient (Wildman–Crippen LogP) is 4.51. The lowest BCUT2D eigenvalue weighted by atomic mass is 10.1. The number of nitrogens with zero attached hydrogens (tertiary/aromatic N) is 1. The van der Waals surface area contributed by atoms with Gasteiger partial charge in [0.2, 0.25) is 15.9 Å². The minimum absolute atomic E-state index is 0.0791. The van der Waals surface area contributed by atoms with Crippen LogP contribution in [0.15, 0.2) is 77.7 Å². The second-order valence-electron chi connectivity index (χ2n) is 7.00. The normalized spacial score (nSPS) is 11.4. The first-order valence-corrected chi connectivity index (χ1v) is 11.4. The average Bonchev–Trinajstić information content (AvgIpc) is 2.75. The maximum Gasteiger partial charge on any atom is 0.243 e. The van der Waals surface area contributed by atoms with Gasteiger partial charge in [-0.3, -0.25) is 9.59 Å². The Kier molecular flexibility index (Phi) is 7.40. The van der Waals surface area contributed by atoms with Crippen LogP contribution >= 0.6 is 11.6 Å². The third-order valence-corrected chi connectivity index (χ3v) is 6.69. The van der Waals surface area contributed by atoms with Gasteiger partial charge in [0.25, 0.3) is 0 Å². The zero-order valence-electron chi connectivity index (χ0n) is 17.1. The molecular formula is C23H20ClFN2O4S. The minimum Gasteiger partial charge on any atom is -0.325 e. The first-order valence-electron chi connectivity index (χ1n) is 9.57. The minimum atomic E-state index is -4.15. The number of rotatable bonds is 8. The van der Waals surface area contributed by atoms with E-state index in [9.17, 15) is 22.4 Å². The summed E-state index contributed by atoms with van der Waals surface area (Å²) in [6.07, 6.45) is 0. The molecule has 0 heterocycles. The number of nitrogens with one attached hydrogen (secondary N) is 1. The number of carbonyl (C=O) groups excluding carboxylic acids is 2. The average molecular weight is 475 g/mol. The zero-order valence-corrected chi connectivity index (χ0v) is 18.7. The van der Waals surface area contributed by atoms with E-state index in [1.807, 2.05) is 0 Å². The Labute approximate surface area is 190 Å². The SMILES string of the molecule is CC(=O)c1cccc(NC(=O)CN(Cc2ccccc2F)S(=O)(=O)c2ccc(Cl)cc2)c1. The van der Waals surface area contributed by atoms with Gasteiger partial charge in [-0.1, -0.05) is 41.9 Å². The van der Waals surface area contributed by atoms with Crippen LogP contribution < -0.4 is 5.32 Å². The molecule has 9 heteroatoms. The van der Waals surface area contributed by atoms with E-state index in [4.69, 9.17) is 11.6 Å². The van der Waals surface area contributed by atoms with Crippen molar-refractivity contribution < 1.29 is 22.4 Å². The quantitative estimate of drug-likeness (QED) is 0.487. The lowest BCUT2D eigenvalue weighted by Gasteiger charge is -2.22. The van der Waals surface area contributed by atoms with Crippen molar-refractivity contribution >= 4 is 39.0 Å². The highest BCUT2D eigenvalue weighted by Crippen LogP contribution is 2.22. The highest BCUT2D eigenvalue weighted by atomic mass is 35.5. The topological polar surface area (TPSA) is 83.6 Å². The van der Waals surface area contributed by atoms with E-state index in [2.05, 4.69) is 5.32 Å². The molecule has 0 radical (unpaired) electrons. The molecule has 0 spiro atoms. The standard InChI is InChI=1S/C23H20ClFN2O4S/c1-16(28)17-6-4-7-20(13-17)26-23(29)15-27(14-18-5-2-3-8-22(18)25)32(30,31)21-11-9-19(24)10-12-21/h2-13H,14-15H2,1H3,(H,26,29). The van der Waals surface area contributed by atoms with Gasteiger partial charge in [0.15, 0.2) is 5.78 Å². The van der Waals surface area contributed by atoms with Gasteiger partial charge in [-0.05, 0) is 49.4 Å². The molecule has 3 aromatic carbocycles. The second-order valence-corrected chi connectivity index (χ2v) is 9.38. The van der Waals surface area contributed by atoms with Crippen LogP contribution in [0, 0.1) is 5.82 Å². The third kappa shape index (κ3) is 5.79. The van der Waals surface area contributed by atoms with E-state index >= 15 is 0 Å². The van der Waals surface area contributed by atoms with E-state index in [-0.39, 0.29) is 22.8 Å². The Balaban J connectivity index is 1.89. The van der Waals surface area contributed by atoms with Gasteiger partial charge in [-0.15, -0.1) is 0 Å². The number of hydrogen-bond donors (Lipinski definition) is 1. The van der Waals surface area contributed by atoms with Crippen LogP contribution in [0.1, 0.15) is 22.8 Å². The molecule has 0 bridgehead atoms. The van der Waals surface area contributed by atoms with Gasteiger partial charge in [-0.25, -0.2) is 12.8 Å². The van der Waals surface area contributed by atoms with Crippen LogP contribution in [0.2, 0.25) is 5.02 Å². The van der Waals surface area contributed by atoms with Crippen LogP contribution in [0.25, 0.3) is 0 Å². The van der Waals surface area contributed by atoms with Crippen molar-refractivity contribution in [3.05, 3.63) is 94.8 Å². The number of carbonyl (C=O) groups is 2. The van der Waals surface area contributed by atoms with Crippen LogP contribution in [0.3, 0.4) is 0 Å². The summed E-state index contributed by atoms with van der Waals surface area (Å²) in [5.74, 6) is -1.40. The van der Waals surface area contributed by atoms with Gasteiger partial charge in [0, 0.05) is 28.4 Å². The maximum atomic E-state index is 14.2. The molecule has 0 unspecified atom stereocenters. The first-order chi connectivity index (χ1) is 15.2. The summed E-state index contributed by atoms with van der Waals surface area (Å²) in [5.41, 5.74) is 0.869. The highest BCUT2D eigenvalue weighted by Gasteiger charge is 2.28. The van der Waals surface area contributed by atoms with Crippen LogP contribution in [0.4, 0.5) is 10.1 Å². The molecule has 1 amide bonds. The summed E-state index contributed by atoms with van der Waals surface area (Å²) < 4.78 is 41.6. The molecular weight excluding hydrogens is 455 g/mol. The largest absolute Gasteiger partial charge is 0.325 e. The number of halogens is 2. The van der Waals surface area contributed by atoms with Crippen molar-refractivity contribution in [1.29, 1.82) is 0 Å². The molecule has 3 aromatic rings. The maximum absolute atomic E-state index is 14.2. The molecule has 6 nitrogen and oxygen atoms in total. The summed E-state index contributed by atoms with van der Waals surface area (Å²) >= 11 is 5.86. The summed E-state index contributed by atoms with van der Waals surface area (Å²) in [7, 11) is -4.15. The van der Waals surface area contributed by atoms with Crippen molar-refractivity contribution in [1.82, 2.24) is 4.31 Å². The molecule has 0 atom stereocenters. The van der Waals surface area contributed by atoms with Crippen molar-refractivity contribution in [3.63, 3.8) is 0 Å². The summed E-state index contributed by atoms with van der Waals surface area (Å²) in [4.78, 5) is 24.2. The molecule has 0 saturated heterocycles. The van der Waals surface area contributed by atoms with Crippen LogP contribution in [-0.2, 0) is 21.4 Å². The van der Waals surface area contributed by atoms with Gasteiger partial charge < -0.3 is 5.32 Å². The lowest BCUT2D eigenvalue weighted by Crippen LogP contribution is -2.37. The fraction of sp³-hybridized carbons (Fsp3) is 0.130. The molecule has 0 aromatic heterocycles. The Morgan fingerprint density at radius 1 is 1.00 bits per heavy atom. The Hall–Kier alpha value is -3.07. The number of Topliss-reactive ketones (excluding diaryl/α,β-unsaturated/α-hetero) is 1. The van der Waals surface area contributed by atoms with Gasteiger partial charge >= 0.3 is 0 Å². The first kappa shape index (κ1) is 23.6. The van der Waals surface area contributed by atoms with Gasteiger partial charge in [0.1, 0.15) is 5.82 Å². The van der Waals surface area contributed by atoms with E-state index in [0.29, 0.717) is 16.3 Å². The van der Waals surface area contributed by atoms with Crippen molar-refractivity contribution in [3.8, 4) is 0 Å². The molecule has 3 rings (SSSR count). The zero-order chi connectivity index (χ0) is 23.3. The molecule has 0 aliphatic rings. The Bertz CT molecular complexity index is 1250. The summed E-state index contributed by atoms with van der Waals surface area (Å²) in [6, 6.07) is 17.5. The van der Waals surface area contributed by atoms with Crippen LogP contribution in [0.5, 0.6) is 0 Å². The molecule has 0 aliphatic heterocycles. The lowest BCUT2D eigenvalue weighted by molar-refractivity contribution is -0.116. The van der Waals surface area contributed by atoms with Gasteiger partial charge in [-0.2, -0.15) is 4.31 Å². The molecule has 0 saturated carbocycles. The van der Waals surface area contributed by atoms with Gasteiger partial charge in [0.05, 0.1) is 11.4 Å². The summed E-state index contributed by atoms with van der Waals surface area (Å²) in [5, 5.41) is 2.94. The smallest absolute Gasteiger partial charge is 0.243 e. The van der Waals surface area contributed by atoms with E-state index in [1.165, 1.54) is 55.5 Å². The summed E-state index contributed by atoms with van der Waals surface area (Å²) in [6.45, 7) is 0.484. The third-order valence-electron chi connectivity index (χ3n) is 4.63. The fourth-order valence-electron chi connectivity index (χ4n) is 2.97. The fourth-order valence-corrected chi connectivity index (χ4v) is 4.48. The number of benzene rings is 3. The van der Waals surface area contributed by atoms with Crippen LogP contribution in [-0.4, -0.2) is 31.0 Å². The number of amides is 1. The van der Waals surface area contributed by atoms with E-state index < -0.39 is 28.3 Å². The molecule has 166 valence electrons.